The molecule has 0 bridgehead atoms. The number of benzene rings is 3. The maximum atomic E-state index is 12.6. The molecule has 128 valence electrons. The second-order valence-electron chi connectivity index (χ2n) is 6.40. The van der Waals surface area contributed by atoms with Gasteiger partial charge in [-0.05, 0) is 54.6 Å². The maximum absolute atomic E-state index is 12.6. The van der Waals surface area contributed by atoms with E-state index in [0.29, 0.717) is 5.56 Å². The number of anilines is 2. The van der Waals surface area contributed by atoms with E-state index in [1.54, 1.807) is 19.0 Å². The van der Waals surface area contributed by atoms with Crippen LogP contribution in [0.1, 0.15) is 21.5 Å². The van der Waals surface area contributed by atoms with Crippen molar-refractivity contribution in [3.63, 3.8) is 0 Å². The monoisotopic (exact) mass is 352 g/mol. The molecular weight excluding hydrogens is 332 g/mol. The van der Waals surface area contributed by atoms with E-state index in [9.17, 15) is 4.79 Å². The van der Waals surface area contributed by atoms with Crippen LogP contribution in [0.5, 0.6) is 0 Å². The third kappa shape index (κ3) is 3.20. The summed E-state index contributed by atoms with van der Waals surface area (Å²) in [6, 6.07) is 15.7. The number of carbonyl (C=O) groups is 1. The van der Waals surface area contributed by atoms with Crippen molar-refractivity contribution >= 4 is 39.7 Å². The minimum atomic E-state index is 0.00443. The van der Waals surface area contributed by atoms with Crippen LogP contribution in [0, 0.1) is 13.8 Å². The number of hydrogen-bond donors (Lipinski definition) is 1. The molecule has 0 aromatic heterocycles. The zero-order valence-electron chi connectivity index (χ0n) is 14.9. The number of carbonyl (C=O) groups excluding carboxylic acids is 1. The van der Waals surface area contributed by atoms with Crippen molar-refractivity contribution in [3.8, 4) is 0 Å². The van der Waals surface area contributed by atoms with E-state index in [4.69, 9.17) is 11.6 Å². The molecule has 0 radical (unpaired) electrons. The van der Waals surface area contributed by atoms with Crippen LogP contribution in [0.15, 0.2) is 48.5 Å². The van der Waals surface area contributed by atoms with E-state index in [-0.39, 0.29) is 5.91 Å². The van der Waals surface area contributed by atoms with Crippen molar-refractivity contribution in [1.29, 1.82) is 0 Å². The molecule has 1 N–H and O–H groups in total. The summed E-state index contributed by atoms with van der Waals surface area (Å²) in [6.07, 6.45) is 0. The quantitative estimate of drug-likeness (QED) is 0.669. The molecule has 0 heterocycles. The number of halogens is 1. The molecule has 0 aliphatic carbocycles. The van der Waals surface area contributed by atoms with E-state index >= 15 is 0 Å². The summed E-state index contributed by atoms with van der Waals surface area (Å²) in [6.45, 7) is 4.02. The van der Waals surface area contributed by atoms with Crippen LogP contribution < -0.4 is 5.32 Å². The van der Waals surface area contributed by atoms with Gasteiger partial charge in [-0.25, -0.2) is 0 Å². The molecule has 4 heteroatoms. The highest BCUT2D eigenvalue weighted by molar-refractivity contribution is 6.31. The van der Waals surface area contributed by atoms with Crippen molar-refractivity contribution in [2.75, 3.05) is 19.4 Å². The second kappa shape index (κ2) is 6.77. The molecule has 25 heavy (non-hydrogen) atoms. The summed E-state index contributed by atoms with van der Waals surface area (Å²) in [7, 11) is 3.54. The van der Waals surface area contributed by atoms with Crippen LogP contribution in [0.4, 0.5) is 11.4 Å². The standard InChI is InChI=1S/C21H21ClN2O/c1-13-7-5-8-15-19(23-18-10-6-9-17(22)14(18)2)12-11-16(20(13)15)21(25)24(3)4/h5-12,23H,1-4H3. The zero-order chi connectivity index (χ0) is 18.1. The lowest BCUT2D eigenvalue weighted by molar-refractivity contribution is 0.0829. The van der Waals surface area contributed by atoms with Crippen LogP contribution in [-0.2, 0) is 0 Å². The molecule has 3 aromatic rings. The third-order valence-electron chi connectivity index (χ3n) is 4.42. The van der Waals surface area contributed by atoms with Crippen LogP contribution in [0.2, 0.25) is 5.02 Å². The van der Waals surface area contributed by atoms with Gasteiger partial charge >= 0.3 is 0 Å². The van der Waals surface area contributed by atoms with Crippen LogP contribution in [-0.4, -0.2) is 24.9 Å². The topological polar surface area (TPSA) is 32.3 Å². The highest BCUT2D eigenvalue weighted by atomic mass is 35.5. The maximum Gasteiger partial charge on any atom is 0.253 e. The molecule has 0 aliphatic heterocycles. The van der Waals surface area contributed by atoms with E-state index in [1.165, 1.54) is 0 Å². The lowest BCUT2D eigenvalue weighted by atomic mass is 9.97. The molecule has 3 nitrogen and oxygen atoms in total. The number of aryl methyl sites for hydroxylation is 1. The molecule has 3 rings (SSSR count). The first-order valence-corrected chi connectivity index (χ1v) is 8.54. The fourth-order valence-electron chi connectivity index (χ4n) is 3.01. The summed E-state index contributed by atoms with van der Waals surface area (Å²) in [5.41, 5.74) is 4.71. The SMILES string of the molecule is Cc1c(Cl)cccc1Nc1ccc(C(=O)N(C)C)c2c(C)cccc12. The summed E-state index contributed by atoms with van der Waals surface area (Å²) in [5, 5.41) is 6.19. The Hall–Kier alpha value is -2.52. The molecule has 0 saturated heterocycles. The number of rotatable bonds is 3. The Morgan fingerprint density at radius 3 is 2.40 bits per heavy atom. The molecule has 0 atom stereocenters. The first-order valence-electron chi connectivity index (χ1n) is 8.16. The minimum absolute atomic E-state index is 0.00443. The average Bonchev–Trinajstić information content (AvgIpc) is 2.59. The van der Waals surface area contributed by atoms with Crippen molar-refractivity contribution in [1.82, 2.24) is 4.90 Å². The Kier molecular flexibility index (Phi) is 4.69. The average molecular weight is 353 g/mol. The summed E-state index contributed by atoms with van der Waals surface area (Å²) < 4.78 is 0. The summed E-state index contributed by atoms with van der Waals surface area (Å²) in [4.78, 5) is 14.2. The van der Waals surface area contributed by atoms with E-state index in [1.807, 2.05) is 62.4 Å². The molecule has 0 aliphatic rings. The predicted octanol–water partition coefficient (Wildman–Crippen LogP) is 5.56. The fraction of sp³-hybridized carbons (Fsp3) is 0.190. The van der Waals surface area contributed by atoms with E-state index in [0.717, 1.165) is 38.3 Å². The molecule has 0 fully saturated rings. The lowest BCUT2D eigenvalue weighted by Crippen LogP contribution is -2.22. The molecular formula is C21H21ClN2O. The molecule has 1 amide bonds. The van der Waals surface area contributed by atoms with Gasteiger partial charge in [0.1, 0.15) is 0 Å². The fourth-order valence-corrected chi connectivity index (χ4v) is 3.18. The third-order valence-corrected chi connectivity index (χ3v) is 4.83. The van der Waals surface area contributed by atoms with Gasteiger partial charge in [0, 0.05) is 41.4 Å². The largest absolute Gasteiger partial charge is 0.355 e. The van der Waals surface area contributed by atoms with E-state index < -0.39 is 0 Å². The zero-order valence-corrected chi connectivity index (χ0v) is 15.6. The first-order chi connectivity index (χ1) is 11.9. The number of fused-ring (bicyclic) bond motifs is 1. The van der Waals surface area contributed by atoms with Gasteiger partial charge in [0.05, 0.1) is 0 Å². The van der Waals surface area contributed by atoms with Gasteiger partial charge in [0.2, 0.25) is 0 Å². The van der Waals surface area contributed by atoms with Crippen molar-refractivity contribution < 1.29 is 4.79 Å². The Labute approximate surface area is 153 Å². The highest BCUT2D eigenvalue weighted by Crippen LogP contribution is 2.33. The molecule has 0 unspecified atom stereocenters. The molecule has 3 aromatic carbocycles. The van der Waals surface area contributed by atoms with Gasteiger partial charge in [0.15, 0.2) is 0 Å². The van der Waals surface area contributed by atoms with Gasteiger partial charge in [0.25, 0.3) is 5.91 Å². The Bertz CT molecular complexity index is 964. The minimum Gasteiger partial charge on any atom is -0.355 e. The van der Waals surface area contributed by atoms with Crippen LogP contribution in [0.3, 0.4) is 0 Å². The van der Waals surface area contributed by atoms with Gasteiger partial charge in [-0.2, -0.15) is 0 Å². The predicted molar refractivity (Wildman–Crippen MR) is 106 cm³/mol. The Morgan fingerprint density at radius 1 is 0.960 bits per heavy atom. The summed E-state index contributed by atoms with van der Waals surface area (Å²) in [5.74, 6) is 0.00443. The lowest BCUT2D eigenvalue weighted by Gasteiger charge is -2.18. The molecule has 0 saturated carbocycles. The second-order valence-corrected chi connectivity index (χ2v) is 6.80. The number of hydrogen-bond acceptors (Lipinski definition) is 2. The normalized spacial score (nSPS) is 10.8. The smallest absolute Gasteiger partial charge is 0.253 e. The van der Waals surface area contributed by atoms with Crippen molar-refractivity contribution in [2.45, 2.75) is 13.8 Å². The van der Waals surface area contributed by atoms with Gasteiger partial charge in [-0.3, -0.25) is 4.79 Å². The Morgan fingerprint density at radius 2 is 1.68 bits per heavy atom. The Balaban J connectivity index is 2.18. The van der Waals surface area contributed by atoms with Crippen molar-refractivity contribution in [2.24, 2.45) is 0 Å². The number of nitrogens with one attached hydrogen (secondary N) is 1. The van der Waals surface area contributed by atoms with Crippen molar-refractivity contribution in [3.05, 3.63) is 70.2 Å². The molecule has 0 spiro atoms. The number of amides is 1. The van der Waals surface area contributed by atoms with Gasteiger partial charge in [-0.1, -0.05) is 35.9 Å². The van der Waals surface area contributed by atoms with Crippen LogP contribution in [0.25, 0.3) is 10.8 Å². The number of nitrogens with zero attached hydrogens (tertiary/aromatic N) is 1. The summed E-state index contributed by atoms with van der Waals surface area (Å²) >= 11 is 6.23. The van der Waals surface area contributed by atoms with Gasteiger partial charge in [-0.15, -0.1) is 0 Å². The first kappa shape index (κ1) is 17.3. The van der Waals surface area contributed by atoms with E-state index in [2.05, 4.69) is 5.32 Å². The van der Waals surface area contributed by atoms with Gasteiger partial charge < -0.3 is 10.2 Å². The highest BCUT2D eigenvalue weighted by Gasteiger charge is 2.16. The van der Waals surface area contributed by atoms with Crippen LogP contribution >= 0.6 is 11.6 Å².